The van der Waals surface area contributed by atoms with E-state index >= 15 is 0 Å². The van der Waals surface area contributed by atoms with Crippen LogP contribution in [0.25, 0.3) is 11.0 Å². The van der Waals surface area contributed by atoms with Gasteiger partial charge in [-0.1, -0.05) is 39.7 Å². The van der Waals surface area contributed by atoms with Crippen molar-refractivity contribution in [2.45, 2.75) is 4.83 Å². The molecular weight excluding hydrogens is 356 g/mol. The number of alkyl halides is 1. The first-order valence-electron chi connectivity index (χ1n) is 6.28. The van der Waals surface area contributed by atoms with Crippen LogP contribution in [0.15, 0.2) is 41.2 Å². The van der Waals surface area contributed by atoms with Crippen molar-refractivity contribution in [1.82, 2.24) is 9.97 Å². The average Bonchev–Trinajstić information content (AvgIpc) is 2.85. The van der Waals surface area contributed by atoms with Crippen LogP contribution < -0.4 is 10.4 Å². The van der Waals surface area contributed by atoms with E-state index in [-0.39, 0.29) is 10.5 Å². The third-order valence-electron chi connectivity index (χ3n) is 3.30. The predicted molar refractivity (Wildman–Crippen MR) is 87.7 cm³/mol. The Morgan fingerprint density at radius 1 is 1.14 bits per heavy atom. The first-order valence-corrected chi connectivity index (χ1v) is 7.57. The molecule has 1 atom stereocenters. The second kappa shape index (κ2) is 5.58. The lowest BCUT2D eigenvalue weighted by molar-refractivity contribution is 0.410. The lowest BCUT2D eigenvalue weighted by Gasteiger charge is -2.15. The molecule has 0 aliphatic heterocycles. The van der Waals surface area contributed by atoms with Gasteiger partial charge in [0.15, 0.2) is 0 Å². The molecule has 3 aromatic rings. The Balaban J connectivity index is 2.07. The normalized spacial score (nSPS) is 12.5. The van der Waals surface area contributed by atoms with E-state index in [1.54, 1.807) is 13.2 Å². The summed E-state index contributed by atoms with van der Waals surface area (Å²) in [5.74, 6) is 0.715. The molecule has 1 unspecified atom stereocenters. The van der Waals surface area contributed by atoms with Gasteiger partial charge in [-0.15, -0.1) is 0 Å². The van der Waals surface area contributed by atoms with Crippen LogP contribution in [-0.4, -0.2) is 17.1 Å². The van der Waals surface area contributed by atoms with Gasteiger partial charge < -0.3 is 14.7 Å². The summed E-state index contributed by atoms with van der Waals surface area (Å²) >= 11 is 9.67. The summed E-state index contributed by atoms with van der Waals surface area (Å²) in [5.41, 5.74) is 3.33. The third kappa shape index (κ3) is 2.71. The molecule has 3 rings (SSSR count). The Kier molecular flexibility index (Phi) is 3.78. The van der Waals surface area contributed by atoms with Crippen LogP contribution in [0.2, 0.25) is 5.02 Å². The number of H-pyrrole nitrogens is 2. The number of nitrogens with one attached hydrogen (secondary N) is 2. The van der Waals surface area contributed by atoms with Gasteiger partial charge in [0.25, 0.3) is 0 Å². The summed E-state index contributed by atoms with van der Waals surface area (Å²) in [7, 11) is 1.61. The van der Waals surface area contributed by atoms with Gasteiger partial charge in [0.2, 0.25) is 0 Å². The maximum absolute atomic E-state index is 11.3. The van der Waals surface area contributed by atoms with Crippen molar-refractivity contribution in [3.8, 4) is 5.75 Å². The van der Waals surface area contributed by atoms with Crippen molar-refractivity contribution < 1.29 is 4.74 Å². The fourth-order valence-corrected chi connectivity index (χ4v) is 3.11. The molecule has 0 amide bonds. The van der Waals surface area contributed by atoms with Gasteiger partial charge in [0.05, 0.1) is 23.0 Å². The highest BCUT2D eigenvalue weighted by Gasteiger charge is 2.16. The molecule has 0 spiro atoms. The summed E-state index contributed by atoms with van der Waals surface area (Å²) in [6.07, 6.45) is 0. The topological polar surface area (TPSA) is 57.9 Å². The number of fused-ring (bicyclic) bond motifs is 1. The van der Waals surface area contributed by atoms with Crippen LogP contribution >= 0.6 is 27.5 Å². The van der Waals surface area contributed by atoms with Crippen molar-refractivity contribution in [3.63, 3.8) is 0 Å². The fourth-order valence-electron chi connectivity index (χ4n) is 2.28. The van der Waals surface area contributed by atoms with Crippen LogP contribution in [-0.2, 0) is 0 Å². The van der Waals surface area contributed by atoms with E-state index in [0.29, 0.717) is 10.8 Å². The molecule has 0 aliphatic rings. The molecule has 0 saturated carbocycles. The summed E-state index contributed by atoms with van der Waals surface area (Å²) in [4.78, 5) is 16.7. The van der Waals surface area contributed by atoms with E-state index in [2.05, 4.69) is 25.9 Å². The lowest BCUT2D eigenvalue weighted by atomic mass is 10.0. The Labute approximate surface area is 134 Å². The van der Waals surface area contributed by atoms with E-state index in [1.165, 1.54) is 0 Å². The van der Waals surface area contributed by atoms with Crippen LogP contribution in [0.1, 0.15) is 16.0 Å². The minimum Gasteiger partial charge on any atom is -0.496 e. The molecule has 0 aliphatic carbocycles. The Morgan fingerprint density at radius 3 is 2.67 bits per heavy atom. The minimum atomic E-state index is -0.211. The molecule has 21 heavy (non-hydrogen) atoms. The second-order valence-corrected chi connectivity index (χ2v) is 5.99. The molecule has 0 saturated heterocycles. The number of imidazole rings is 1. The van der Waals surface area contributed by atoms with Crippen LogP contribution in [0.5, 0.6) is 5.75 Å². The van der Waals surface area contributed by atoms with E-state index in [4.69, 9.17) is 16.3 Å². The van der Waals surface area contributed by atoms with E-state index < -0.39 is 0 Å². The van der Waals surface area contributed by atoms with Crippen molar-refractivity contribution in [1.29, 1.82) is 0 Å². The molecule has 0 fully saturated rings. The van der Waals surface area contributed by atoms with Gasteiger partial charge in [-0.2, -0.15) is 0 Å². The smallest absolute Gasteiger partial charge is 0.323 e. The molecule has 1 aromatic heterocycles. The van der Waals surface area contributed by atoms with Gasteiger partial charge in [-0.3, -0.25) is 0 Å². The largest absolute Gasteiger partial charge is 0.496 e. The van der Waals surface area contributed by atoms with Crippen molar-refractivity contribution >= 4 is 38.6 Å². The maximum atomic E-state index is 11.3. The molecule has 2 N–H and O–H groups in total. The number of aromatic nitrogens is 2. The van der Waals surface area contributed by atoms with Crippen LogP contribution in [0.4, 0.5) is 0 Å². The van der Waals surface area contributed by atoms with E-state index in [9.17, 15) is 4.79 Å². The SMILES string of the molecule is COc1cc(Cl)ccc1C(Br)c1ccc2[nH]c(=O)[nH]c2c1. The van der Waals surface area contributed by atoms with Crippen LogP contribution in [0.3, 0.4) is 0 Å². The molecule has 0 radical (unpaired) electrons. The summed E-state index contributed by atoms with van der Waals surface area (Å²) < 4.78 is 5.38. The zero-order valence-electron chi connectivity index (χ0n) is 11.1. The number of aromatic amines is 2. The monoisotopic (exact) mass is 366 g/mol. The van der Waals surface area contributed by atoms with Gasteiger partial charge >= 0.3 is 5.69 Å². The standard InChI is InChI=1S/C15H12BrClN2O2/c1-21-13-7-9(17)3-4-10(13)14(16)8-2-5-11-12(6-8)19-15(20)18-11/h2-7,14H,1H3,(H2,18,19,20). The highest BCUT2D eigenvalue weighted by Crippen LogP contribution is 2.38. The zero-order chi connectivity index (χ0) is 15.0. The number of hydrogen-bond donors (Lipinski definition) is 2. The molecular formula is C15H12BrClN2O2. The maximum Gasteiger partial charge on any atom is 0.323 e. The number of ether oxygens (including phenoxy) is 1. The zero-order valence-corrected chi connectivity index (χ0v) is 13.5. The van der Waals surface area contributed by atoms with Gasteiger partial charge in [-0.25, -0.2) is 4.79 Å². The number of benzene rings is 2. The van der Waals surface area contributed by atoms with Crippen LogP contribution in [0, 0.1) is 0 Å². The molecule has 2 aromatic carbocycles. The quantitative estimate of drug-likeness (QED) is 0.687. The lowest BCUT2D eigenvalue weighted by Crippen LogP contribution is -1.99. The summed E-state index contributed by atoms with van der Waals surface area (Å²) in [6.45, 7) is 0. The van der Waals surface area contributed by atoms with Gasteiger partial charge in [0, 0.05) is 10.6 Å². The molecule has 4 nitrogen and oxygen atoms in total. The number of hydrogen-bond acceptors (Lipinski definition) is 2. The third-order valence-corrected chi connectivity index (χ3v) is 4.56. The first-order chi connectivity index (χ1) is 10.1. The Morgan fingerprint density at radius 2 is 1.90 bits per heavy atom. The first kappa shape index (κ1) is 14.2. The van der Waals surface area contributed by atoms with Crippen molar-refractivity contribution in [2.24, 2.45) is 0 Å². The molecule has 1 heterocycles. The highest BCUT2D eigenvalue weighted by atomic mass is 79.9. The number of methoxy groups -OCH3 is 1. The molecule has 0 bridgehead atoms. The van der Waals surface area contributed by atoms with Crippen molar-refractivity contribution in [2.75, 3.05) is 7.11 Å². The summed E-state index contributed by atoms with van der Waals surface area (Å²) in [6, 6.07) is 11.3. The Bertz CT molecular complexity index is 856. The number of halogens is 2. The Hall–Kier alpha value is -1.72. The summed E-state index contributed by atoms with van der Waals surface area (Å²) in [5, 5.41) is 0.626. The van der Waals surface area contributed by atoms with Crippen molar-refractivity contribution in [3.05, 3.63) is 63.0 Å². The van der Waals surface area contributed by atoms with Gasteiger partial charge in [0.1, 0.15) is 5.75 Å². The van der Waals surface area contributed by atoms with Gasteiger partial charge in [-0.05, 0) is 29.8 Å². The van der Waals surface area contributed by atoms with E-state index in [1.807, 2.05) is 30.3 Å². The highest BCUT2D eigenvalue weighted by molar-refractivity contribution is 9.09. The predicted octanol–water partition coefficient (Wildman–Crippen LogP) is 4.00. The van der Waals surface area contributed by atoms with E-state index in [0.717, 1.165) is 22.2 Å². The molecule has 108 valence electrons. The fraction of sp³-hybridized carbons (Fsp3) is 0.133. The average molecular weight is 368 g/mol. The second-order valence-electron chi connectivity index (χ2n) is 4.63. The minimum absolute atomic E-state index is 0.0625. The number of rotatable bonds is 3. The molecule has 6 heteroatoms.